The molecule has 1 aromatic heterocycles. The van der Waals surface area contributed by atoms with E-state index in [1.807, 2.05) is 39.8 Å². The molecule has 0 aliphatic carbocycles. The summed E-state index contributed by atoms with van der Waals surface area (Å²) in [6.45, 7) is 9.82. The Bertz CT molecular complexity index is 574. The third kappa shape index (κ3) is 4.48. The molecular weight excluding hydrogens is 316 g/mol. The first-order valence-electron chi connectivity index (χ1n) is 7.81. The predicted octanol–water partition coefficient (Wildman–Crippen LogP) is 2.64. The molecule has 6 nitrogen and oxygen atoms in total. The number of carbonyl (C=O) groups excluding carboxylic acids is 1. The quantitative estimate of drug-likeness (QED) is 0.896. The lowest BCUT2D eigenvalue weighted by atomic mass is 10.2. The van der Waals surface area contributed by atoms with E-state index in [1.165, 1.54) is 0 Å². The summed E-state index contributed by atoms with van der Waals surface area (Å²) in [6, 6.07) is 3.74. The van der Waals surface area contributed by atoms with Gasteiger partial charge in [0.2, 0.25) is 0 Å². The van der Waals surface area contributed by atoms with Crippen LogP contribution in [0.5, 0.6) is 0 Å². The van der Waals surface area contributed by atoms with Gasteiger partial charge in [-0.15, -0.1) is 0 Å². The number of carbonyl (C=O) groups is 1. The average Bonchev–Trinajstić information content (AvgIpc) is 2.46. The van der Waals surface area contributed by atoms with Gasteiger partial charge in [-0.25, -0.2) is 9.78 Å². The summed E-state index contributed by atoms with van der Waals surface area (Å²) in [5.41, 5.74) is 5.97. The normalized spacial score (nSPS) is 19.0. The summed E-state index contributed by atoms with van der Waals surface area (Å²) in [5, 5.41) is 0.597. The van der Waals surface area contributed by atoms with E-state index in [9.17, 15) is 4.79 Å². The Morgan fingerprint density at radius 3 is 2.70 bits per heavy atom. The number of pyridine rings is 1. The van der Waals surface area contributed by atoms with Gasteiger partial charge in [0.1, 0.15) is 11.4 Å². The van der Waals surface area contributed by atoms with Crippen molar-refractivity contribution in [3.05, 3.63) is 22.8 Å². The number of nitrogens with two attached hydrogens (primary N) is 1. The molecule has 0 spiro atoms. The van der Waals surface area contributed by atoms with Crippen LogP contribution in [0.15, 0.2) is 12.1 Å². The molecule has 23 heavy (non-hydrogen) atoms. The Morgan fingerprint density at radius 2 is 2.13 bits per heavy atom. The molecule has 0 bridgehead atoms. The summed E-state index contributed by atoms with van der Waals surface area (Å²) < 4.78 is 5.44. The van der Waals surface area contributed by atoms with Crippen molar-refractivity contribution in [1.29, 1.82) is 0 Å². The third-order valence-electron chi connectivity index (χ3n) is 3.65. The van der Waals surface area contributed by atoms with Crippen LogP contribution < -0.4 is 10.6 Å². The van der Waals surface area contributed by atoms with Crippen molar-refractivity contribution >= 4 is 23.5 Å². The monoisotopic (exact) mass is 340 g/mol. The molecule has 1 saturated heterocycles. The minimum atomic E-state index is -0.488. The van der Waals surface area contributed by atoms with Crippen LogP contribution in [0.25, 0.3) is 0 Å². The van der Waals surface area contributed by atoms with Crippen molar-refractivity contribution in [3.8, 4) is 0 Å². The molecule has 0 saturated carbocycles. The number of piperazine rings is 1. The van der Waals surface area contributed by atoms with Gasteiger partial charge in [-0.05, 0) is 39.8 Å². The Balaban J connectivity index is 2.09. The number of halogens is 1. The maximum atomic E-state index is 12.2. The van der Waals surface area contributed by atoms with Crippen molar-refractivity contribution in [1.82, 2.24) is 9.88 Å². The van der Waals surface area contributed by atoms with Gasteiger partial charge in [0.05, 0.1) is 10.7 Å². The van der Waals surface area contributed by atoms with Gasteiger partial charge in [-0.1, -0.05) is 11.6 Å². The second-order valence-electron chi connectivity index (χ2n) is 6.78. The number of nitrogens with zero attached hydrogens (tertiary/aromatic N) is 3. The van der Waals surface area contributed by atoms with Gasteiger partial charge >= 0.3 is 6.09 Å². The van der Waals surface area contributed by atoms with Gasteiger partial charge in [0.25, 0.3) is 0 Å². The first-order chi connectivity index (χ1) is 10.7. The standard InChI is InChI=1S/C16H25ClN4O2/c1-11-10-20(15(22)23-16(2,3)4)7-8-21(11)14-13(17)6-5-12(9-18)19-14/h5-6,11H,7-10,18H2,1-4H3. The SMILES string of the molecule is CC1CN(C(=O)OC(C)(C)C)CCN1c1nc(CN)ccc1Cl. The Kier molecular flexibility index (Phi) is 5.37. The number of anilines is 1. The molecule has 1 amide bonds. The van der Waals surface area contributed by atoms with E-state index in [0.717, 1.165) is 11.5 Å². The number of rotatable bonds is 2. The maximum absolute atomic E-state index is 12.2. The minimum absolute atomic E-state index is 0.0919. The van der Waals surface area contributed by atoms with Crippen molar-refractivity contribution in [3.63, 3.8) is 0 Å². The highest BCUT2D eigenvalue weighted by Crippen LogP contribution is 2.27. The zero-order valence-electron chi connectivity index (χ0n) is 14.2. The van der Waals surface area contributed by atoms with Gasteiger partial charge in [0, 0.05) is 32.2 Å². The molecule has 1 fully saturated rings. The Hall–Kier alpha value is -1.53. The number of amides is 1. The maximum Gasteiger partial charge on any atom is 0.410 e. The van der Waals surface area contributed by atoms with Crippen LogP contribution in [0.4, 0.5) is 10.6 Å². The highest BCUT2D eigenvalue weighted by molar-refractivity contribution is 6.32. The van der Waals surface area contributed by atoms with Crippen LogP contribution in [0, 0.1) is 0 Å². The van der Waals surface area contributed by atoms with E-state index >= 15 is 0 Å². The lowest BCUT2D eigenvalue weighted by Gasteiger charge is -2.41. The smallest absolute Gasteiger partial charge is 0.410 e. The van der Waals surface area contributed by atoms with Gasteiger partial charge in [0.15, 0.2) is 0 Å². The van der Waals surface area contributed by atoms with Crippen LogP contribution in [0.3, 0.4) is 0 Å². The van der Waals surface area contributed by atoms with Crippen molar-refractivity contribution in [2.75, 3.05) is 24.5 Å². The fourth-order valence-electron chi connectivity index (χ4n) is 2.55. The molecule has 2 heterocycles. The highest BCUT2D eigenvalue weighted by Gasteiger charge is 2.31. The molecule has 2 N–H and O–H groups in total. The number of ether oxygens (including phenoxy) is 1. The lowest BCUT2D eigenvalue weighted by molar-refractivity contribution is 0.0218. The lowest BCUT2D eigenvalue weighted by Crippen LogP contribution is -2.55. The summed E-state index contributed by atoms with van der Waals surface area (Å²) in [4.78, 5) is 20.6. The summed E-state index contributed by atoms with van der Waals surface area (Å²) >= 11 is 6.29. The number of hydrogen-bond acceptors (Lipinski definition) is 5. The Labute approximate surface area is 142 Å². The van der Waals surface area contributed by atoms with Crippen molar-refractivity contribution in [2.45, 2.75) is 45.9 Å². The van der Waals surface area contributed by atoms with E-state index in [-0.39, 0.29) is 12.1 Å². The van der Waals surface area contributed by atoms with E-state index in [4.69, 9.17) is 22.1 Å². The number of aromatic nitrogens is 1. The van der Waals surface area contributed by atoms with Crippen LogP contribution in [-0.4, -0.2) is 47.3 Å². The minimum Gasteiger partial charge on any atom is -0.444 e. The summed E-state index contributed by atoms with van der Waals surface area (Å²) in [6.07, 6.45) is -0.279. The van der Waals surface area contributed by atoms with Gasteiger partial charge < -0.3 is 20.3 Å². The average molecular weight is 341 g/mol. The largest absolute Gasteiger partial charge is 0.444 e. The highest BCUT2D eigenvalue weighted by atomic mass is 35.5. The van der Waals surface area contributed by atoms with Crippen molar-refractivity contribution in [2.24, 2.45) is 5.73 Å². The molecule has 0 aromatic carbocycles. The summed E-state index contributed by atoms with van der Waals surface area (Å²) in [5.74, 6) is 0.728. The second kappa shape index (κ2) is 6.93. The molecule has 0 radical (unpaired) electrons. The van der Waals surface area contributed by atoms with E-state index in [2.05, 4.69) is 9.88 Å². The van der Waals surface area contributed by atoms with Gasteiger partial charge in [-0.2, -0.15) is 0 Å². The van der Waals surface area contributed by atoms with E-state index in [0.29, 0.717) is 31.2 Å². The molecule has 2 rings (SSSR count). The molecule has 7 heteroatoms. The fourth-order valence-corrected chi connectivity index (χ4v) is 2.76. The van der Waals surface area contributed by atoms with Crippen LogP contribution in [-0.2, 0) is 11.3 Å². The third-order valence-corrected chi connectivity index (χ3v) is 3.94. The molecule has 1 unspecified atom stereocenters. The Morgan fingerprint density at radius 1 is 1.43 bits per heavy atom. The molecule has 1 aliphatic heterocycles. The topological polar surface area (TPSA) is 71.7 Å². The molecule has 1 aromatic rings. The van der Waals surface area contributed by atoms with Crippen LogP contribution in [0.2, 0.25) is 5.02 Å². The second-order valence-corrected chi connectivity index (χ2v) is 7.19. The summed E-state index contributed by atoms with van der Waals surface area (Å²) in [7, 11) is 0. The van der Waals surface area contributed by atoms with Gasteiger partial charge in [-0.3, -0.25) is 0 Å². The molecule has 128 valence electrons. The number of hydrogen-bond donors (Lipinski definition) is 1. The predicted molar refractivity (Wildman–Crippen MR) is 91.8 cm³/mol. The fraction of sp³-hybridized carbons (Fsp3) is 0.625. The van der Waals surface area contributed by atoms with Crippen LogP contribution >= 0.6 is 11.6 Å². The first-order valence-corrected chi connectivity index (χ1v) is 8.19. The van der Waals surface area contributed by atoms with E-state index < -0.39 is 5.60 Å². The van der Waals surface area contributed by atoms with E-state index in [1.54, 1.807) is 4.90 Å². The molecular formula is C16H25ClN4O2. The zero-order valence-corrected chi connectivity index (χ0v) is 14.9. The zero-order chi connectivity index (χ0) is 17.2. The van der Waals surface area contributed by atoms with Crippen molar-refractivity contribution < 1.29 is 9.53 Å². The molecule has 1 aliphatic rings. The first kappa shape index (κ1) is 17.8. The molecule has 1 atom stereocenters. The van der Waals surface area contributed by atoms with Crippen LogP contribution in [0.1, 0.15) is 33.4 Å².